The molecule has 1 saturated heterocycles. The fourth-order valence-corrected chi connectivity index (χ4v) is 3.87. The van der Waals surface area contributed by atoms with Gasteiger partial charge in [-0.2, -0.15) is 0 Å². The van der Waals surface area contributed by atoms with Gasteiger partial charge in [-0.1, -0.05) is 17.7 Å². The molecular formula is C19H17ClN2O2S. The van der Waals surface area contributed by atoms with Gasteiger partial charge in [0.05, 0.1) is 0 Å². The minimum absolute atomic E-state index is 0.0659. The monoisotopic (exact) mass is 372 g/mol. The molecule has 2 aromatic heterocycles. The first-order valence-corrected chi connectivity index (χ1v) is 9.51. The van der Waals surface area contributed by atoms with Crippen molar-refractivity contribution in [3.63, 3.8) is 0 Å². The highest BCUT2D eigenvalue weighted by Gasteiger charge is 2.26. The van der Waals surface area contributed by atoms with E-state index in [4.69, 9.17) is 16.0 Å². The smallest absolute Gasteiger partial charge is 0.246 e. The zero-order valence-corrected chi connectivity index (χ0v) is 15.1. The summed E-state index contributed by atoms with van der Waals surface area (Å²) in [5.74, 6) is 1.06. The molecule has 1 aliphatic heterocycles. The Morgan fingerprint density at radius 2 is 2.16 bits per heavy atom. The Labute approximate surface area is 154 Å². The highest BCUT2D eigenvalue weighted by molar-refractivity contribution is 7.10. The number of halogens is 1. The van der Waals surface area contributed by atoms with Crippen molar-refractivity contribution in [2.24, 2.45) is 0 Å². The van der Waals surface area contributed by atoms with E-state index in [1.165, 1.54) is 0 Å². The maximum Gasteiger partial charge on any atom is 0.246 e. The summed E-state index contributed by atoms with van der Waals surface area (Å²) in [6.45, 7) is 1.44. The standard InChI is InChI=1S/C19H17ClN2O2S/c20-14-3-5-17-16(12-14)21-19(24-17)13-7-9-22(10-8-13)18(23)6-4-15-2-1-11-25-15/h1-6,11-13H,7-10H2/b6-4+. The Bertz CT molecular complexity index is 909. The van der Waals surface area contributed by atoms with Crippen LogP contribution in [0.15, 0.2) is 46.2 Å². The zero-order chi connectivity index (χ0) is 17.2. The van der Waals surface area contributed by atoms with Crippen molar-refractivity contribution in [2.75, 3.05) is 13.1 Å². The number of oxazole rings is 1. The number of amides is 1. The number of aromatic nitrogens is 1. The normalized spacial score (nSPS) is 16.1. The molecule has 3 aromatic rings. The molecule has 0 radical (unpaired) electrons. The van der Waals surface area contributed by atoms with Crippen molar-refractivity contribution >= 4 is 46.0 Å². The SMILES string of the molecule is O=C(/C=C/c1cccs1)N1CCC(c2nc3cc(Cl)ccc3o2)CC1. The predicted molar refractivity (Wildman–Crippen MR) is 101 cm³/mol. The molecule has 0 N–H and O–H groups in total. The van der Waals surface area contributed by atoms with Gasteiger partial charge in [0, 0.05) is 35.0 Å². The van der Waals surface area contributed by atoms with Gasteiger partial charge in [-0.3, -0.25) is 4.79 Å². The van der Waals surface area contributed by atoms with Crippen molar-refractivity contribution in [2.45, 2.75) is 18.8 Å². The van der Waals surface area contributed by atoms with Crippen molar-refractivity contribution < 1.29 is 9.21 Å². The molecule has 0 aliphatic carbocycles. The molecule has 0 atom stereocenters. The number of hydrogen-bond donors (Lipinski definition) is 0. The van der Waals surface area contributed by atoms with Gasteiger partial charge in [0.1, 0.15) is 5.52 Å². The minimum Gasteiger partial charge on any atom is -0.440 e. The minimum atomic E-state index is 0.0659. The van der Waals surface area contributed by atoms with Gasteiger partial charge in [0.15, 0.2) is 11.5 Å². The van der Waals surface area contributed by atoms with Crippen molar-refractivity contribution in [3.8, 4) is 0 Å². The van der Waals surface area contributed by atoms with E-state index in [1.54, 1.807) is 23.5 Å². The van der Waals surface area contributed by atoms with Gasteiger partial charge >= 0.3 is 0 Å². The number of thiophene rings is 1. The van der Waals surface area contributed by atoms with Gasteiger partial charge in [-0.25, -0.2) is 4.98 Å². The largest absolute Gasteiger partial charge is 0.440 e. The van der Waals surface area contributed by atoms with Gasteiger partial charge in [-0.15, -0.1) is 11.3 Å². The third-order valence-corrected chi connectivity index (χ3v) is 5.53. The first-order chi connectivity index (χ1) is 12.2. The molecule has 1 aliphatic rings. The molecule has 25 heavy (non-hydrogen) atoms. The molecule has 1 amide bonds. The summed E-state index contributed by atoms with van der Waals surface area (Å²) in [5.41, 5.74) is 1.55. The lowest BCUT2D eigenvalue weighted by molar-refractivity contribution is -0.127. The average molecular weight is 373 g/mol. The van der Waals surface area contributed by atoms with Gasteiger partial charge in [0.25, 0.3) is 0 Å². The number of nitrogens with zero attached hydrogens (tertiary/aromatic N) is 2. The van der Waals surface area contributed by atoms with Crippen molar-refractivity contribution in [3.05, 3.63) is 57.6 Å². The molecule has 6 heteroatoms. The number of benzene rings is 1. The van der Waals surface area contributed by atoms with E-state index in [0.717, 1.165) is 47.8 Å². The third kappa shape index (κ3) is 3.62. The van der Waals surface area contributed by atoms with Crippen LogP contribution in [0, 0.1) is 0 Å². The summed E-state index contributed by atoms with van der Waals surface area (Å²) in [4.78, 5) is 19.9. The predicted octanol–water partition coefficient (Wildman–Crippen LogP) is 4.96. The van der Waals surface area contributed by atoms with Crippen LogP contribution in [0.2, 0.25) is 5.02 Å². The first-order valence-electron chi connectivity index (χ1n) is 8.25. The van der Waals surface area contributed by atoms with E-state index in [-0.39, 0.29) is 11.8 Å². The lowest BCUT2D eigenvalue weighted by Crippen LogP contribution is -2.36. The topological polar surface area (TPSA) is 46.3 Å². The molecular weight excluding hydrogens is 356 g/mol. The molecule has 0 bridgehead atoms. The second-order valence-corrected chi connectivity index (χ2v) is 7.53. The second kappa shape index (κ2) is 7.02. The highest BCUT2D eigenvalue weighted by atomic mass is 35.5. The number of fused-ring (bicyclic) bond motifs is 1. The molecule has 0 unspecified atom stereocenters. The van der Waals surface area contributed by atoms with Crippen LogP contribution in [0.4, 0.5) is 0 Å². The molecule has 3 heterocycles. The Morgan fingerprint density at radius 1 is 1.32 bits per heavy atom. The summed E-state index contributed by atoms with van der Waals surface area (Å²) in [5, 5.41) is 2.66. The maximum atomic E-state index is 12.3. The van der Waals surface area contributed by atoms with Crippen LogP contribution in [0.25, 0.3) is 17.2 Å². The van der Waals surface area contributed by atoms with Crippen LogP contribution in [0.1, 0.15) is 29.5 Å². The maximum absolute atomic E-state index is 12.3. The van der Waals surface area contributed by atoms with E-state index in [1.807, 2.05) is 40.6 Å². The average Bonchev–Trinajstić information content (AvgIpc) is 3.29. The number of carbonyl (C=O) groups excluding carboxylic acids is 1. The van der Waals surface area contributed by atoms with E-state index in [2.05, 4.69) is 4.98 Å². The molecule has 1 aromatic carbocycles. The Kier molecular flexibility index (Phi) is 4.59. The molecule has 0 spiro atoms. The molecule has 128 valence electrons. The number of rotatable bonds is 3. The van der Waals surface area contributed by atoms with Crippen LogP contribution in [-0.4, -0.2) is 28.9 Å². The van der Waals surface area contributed by atoms with Gasteiger partial charge in [-0.05, 0) is 48.6 Å². The van der Waals surface area contributed by atoms with Crippen LogP contribution in [0.3, 0.4) is 0 Å². The van der Waals surface area contributed by atoms with Crippen LogP contribution in [-0.2, 0) is 4.79 Å². The summed E-state index contributed by atoms with van der Waals surface area (Å²) < 4.78 is 5.87. The van der Waals surface area contributed by atoms with Crippen LogP contribution in [0.5, 0.6) is 0 Å². The van der Waals surface area contributed by atoms with E-state index >= 15 is 0 Å². The molecule has 4 rings (SSSR count). The first kappa shape index (κ1) is 16.4. The van der Waals surface area contributed by atoms with Crippen molar-refractivity contribution in [1.29, 1.82) is 0 Å². The van der Waals surface area contributed by atoms with E-state index < -0.39 is 0 Å². The summed E-state index contributed by atoms with van der Waals surface area (Å²) >= 11 is 7.63. The second-order valence-electron chi connectivity index (χ2n) is 6.11. The highest BCUT2D eigenvalue weighted by Crippen LogP contribution is 2.30. The summed E-state index contributed by atoms with van der Waals surface area (Å²) in [6.07, 6.45) is 5.26. The van der Waals surface area contributed by atoms with E-state index in [0.29, 0.717) is 5.02 Å². The summed E-state index contributed by atoms with van der Waals surface area (Å²) in [7, 11) is 0. The number of hydrogen-bond acceptors (Lipinski definition) is 4. The summed E-state index contributed by atoms with van der Waals surface area (Å²) in [6, 6.07) is 9.45. The lowest BCUT2D eigenvalue weighted by atomic mass is 9.97. The Hall–Kier alpha value is -2.11. The molecule has 1 fully saturated rings. The Balaban J connectivity index is 1.39. The zero-order valence-electron chi connectivity index (χ0n) is 13.5. The van der Waals surface area contributed by atoms with Gasteiger partial charge < -0.3 is 9.32 Å². The number of likely N-dealkylation sites (tertiary alicyclic amines) is 1. The quantitative estimate of drug-likeness (QED) is 0.610. The third-order valence-electron chi connectivity index (χ3n) is 4.46. The Morgan fingerprint density at radius 3 is 2.92 bits per heavy atom. The number of carbonyl (C=O) groups is 1. The van der Waals surface area contributed by atoms with Crippen LogP contribution >= 0.6 is 22.9 Å². The lowest BCUT2D eigenvalue weighted by Gasteiger charge is -2.29. The fourth-order valence-electron chi connectivity index (χ4n) is 3.08. The van der Waals surface area contributed by atoms with E-state index in [9.17, 15) is 4.79 Å². The fraction of sp³-hybridized carbons (Fsp3) is 0.263. The van der Waals surface area contributed by atoms with Crippen molar-refractivity contribution in [1.82, 2.24) is 9.88 Å². The molecule has 4 nitrogen and oxygen atoms in total. The van der Waals surface area contributed by atoms with Crippen LogP contribution < -0.4 is 0 Å². The molecule has 0 saturated carbocycles. The van der Waals surface area contributed by atoms with Gasteiger partial charge in [0.2, 0.25) is 5.91 Å². The number of piperidine rings is 1.